The molecule has 1 N–H and O–H groups in total. The first-order chi connectivity index (χ1) is 9.29. The lowest BCUT2D eigenvalue weighted by molar-refractivity contribution is 1.17. The number of nitriles is 1. The normalized spacial score (nSPS) is 10.3. The van der Waals surface area contributed by atoms with Crippen LogP contribution < -0.4 is 5.32 Å². The number of aryl methyl sites for hydroxylation is 1. The smallest absolute Gasteiger partial charge is 0.145 e. The highest BCUT2D eigenvalue weighted by Gasteiger charge is 1.99. The highest BCUT2D eigenvalue weighted by Crippen LogP contribution is 2.09. The lowest BCUT2D eigenvalue weighted by atomic mass is 10.2. The van der Waals surface area contributed by atoms with Crippen molar-refractivity contribution in [1.29, 1.82) is 5.26 Å². The summed E-state index contributed by atoms with van der Waals surface area (Å²) in [4.78, 5) is 4.23. The fourth-order valence-corrected chi connectivity index (χ4v) is 1.66. The Morgan fingerprint density at radius 1 is 1.21 bits per heavy atom. The van der Waals surface area contributed by atoms with Crippen LogP contribution in [0, 0.1) is 18.3 Å². The molecule has 1 heterocycles. The molecule has 0 aliphatic rings. The molecule has 2 rings (SSSR count). The third-order valence-electron chi connectivity index (χ3n) is 2.71. The van der Waals surface area contributed by atoms with Crippen LogP contribution in [0.3, 0.4) is 0 Å². The third kappa shape index (κ3) is 3.68. The van der Waals surface area contributed by atoms with Crippen molar-refractivity contribution >= 4 is 11.9 Å². The number of pyridine rings is 1. The van der Waals surface area contributed by atoms with Crippen molar-refractivity contribution in [1.82, 2.24) is 4.98 Å². The summed E-state index contributed by atoms with van der Waals surface area (Å²) in [5.41, 5.74) is 2.53. The molecule has 0 bridgehead atoms. The van der Waals surface area contributed by atoms with Crippen molar-refractivity contribution in [3.05, 3.63) is 65.4 Å². The summed E-state index contributed by atoms with van der Waals surface area (Å²) in [6, 6.07) is 16.0. The Morgan fingerprint density at radius 2 is 2.00 bits per heavy atom. The molecular weight excluding hydrogens is 234 g/mol. The quantitative estimate of drug-likeness (QED) is 0.903. The van der Waals surface area contributed by atoms with Crippen molar-refractivity contribution in [2.75, 3.05) is 11.9 Å². The molecule has 3 heteroatoms. The summed E-state index contributed by atoms with van der Waals surface area (Å²) in [6.45, 7) is 2.56. The van der Waals surface area contributed by atoms with Crippen LogP contribution in [0.25, 0.3) is 6.08 Å². The lowest BCUT2D eigenvalue weighted by Crippen LogP contribution is -2.02. The SMILES string of the molecule is Cc1ccc(NC/C=C/c2ccccc2)nc1C#N. The van der Waals surface area contributed by atoms with Gasteiger partial charge in [-0.25, -0.2) is 4.98 Å². The van der Waals surface area contributed by atoms with Gasteiger partial charge in [0, 0.05) is 6.54 Å². The van der Waals surface area contributed by atoms with E-state index in [-0.39, 0.29) is 0 Å². The zero-order chi connectivity index (χ0) is 13.5. The maximum absolute atomic E-state index is 8.91. The maximum atomic E-state index is 8.91. The van der Waals surface area contributed by atoms with Crippen LogP contribution in [0.4, 0.5) is 5.82 Å². The number of rotatable bonds is 4. The first kappa shape index (κ1) is 12.8. The van der Waals surface area contributed by atoms with E-state index >= 15 is 0 Å². The minimum absolute atomic E-state index is 0.469. The highest BCUT2D eigenvalue weighted by atomic mass is 15.0. The Balaban J connectivity index is 1.93. The van der Waals surface area contributed by atoms with Gasteiger partial charge in [-0.2, -0.15) is 5.26 Å². The lowest BCUT2D eigenvalue weighted by Gasteiger charge is -2.03. The minimum Gasteiger partial charge on any atom is -0.367 e. The first-order valence-corrected chi connectivity index (χ1v) is 6.13. The molecule has 0 fully saturated rings. The predicted molar refractivity (Wildman–Crippen MR) is 77.7 cm³/mol. The van der Waals surface area contributed by atoms with E-state index in [0.29, 0.717) is 12.2 Å². The molecule has 0 saturated heterocycles. The number of nitrogens with zero attached hydrogens (tertiary/aromatic N) is 2. The molecule has 0 saturated carbocycles. The minimum atomic E-state index is 0.469. The summed E-state index contributed by atoms with van der Waals surface area (Å²) >= 11 is 0. The average molecular weight is 249 g/mol. The van der Waals surface area contributed by atoms with Crippen LogP contribution in [0.5, 0.6) is 0 Å². The highest BCUT2D eigenvalue weighted by molar-refractivity contribution is 5.50. The third-order valence-corrected chi connectivity index (χ3v) is 2.71. The van der Waals surface area contributed by atoms with Crippen molar-refractivity contribution < 1.29 is 0 Å². The zero-order valence-electron chi connectivity index (χ0n) is 10.8. The predicted octanol–water partition coefficient (Wildman–Crippen LogP) is 3.39. The van der Waals surface area contributed by atoms with E-state index in [9.17, 15) is 0 Å². The van der Waals surface area contributed by atoms with E-state index in [0.717, 1.165) is 11.4 Å². The van der Waals surface area contributed by atoms with Gasteiger partial charge >= 0.3 is 0 Å². The molecule has 0 aliphatic carbocycles. The summed E-state index contributed by atoms with van der Waals surface area (Å²) in [7, 11) is 0. The second kappa shape index (κ2) is 6.36. The number of benzene rings is 1. The Morgan fingerprint density at radius 3 is 2.74 bits per heavy atom. The molecule has 1 aromatic heterocycles. The van der Waals surface area contributed by atoms with Gasteiger partial charge in [0.25, 0.3) is 0 Å². The van der Waals surface area contributed by atoms with E-state index in [4.69, 9.17) is 5.26 Å². The zero-order valence-corrected chi connectivity index (χ0v) is 10.8. The second-order valence-electron chi connectivity index (χ2n) is 4.17. The fourth-order valence-electron chi connectivity index (χ4n) is 1.66. The second-order valence-corrected chi connectivity index (χ2v) is 4.17. The maximum Gasteiger partial charge on any atom is 0.145 e. The van der Waals surface area contributed by atoms with Gasteiger partial charge in [-0.1, -0.05) is 48.6 Å². The van der Waals surface area contributed by atoms with Crippen LogP contribution in [-0.4, -0.2) is 11.5 Å². The van der Waals surface area contributed by atoms with E-state index in [1.165, 1.54) is 5.56 Å². The van der Waals surface area contributed by atoms with Crippen LogP contribution in [0.15, 0.2) is 48.5 Å². The molecule has 1 aromatic carbocycles. The molecule has 19 heavy (non-hydrogen) atoms. The molecule has 3 nitrogen and oxygen atoms in total. The Kier molecular flexibility index (Phi) is 4.30. The van der Waals surface area contributed by atoms with Gasteiger partial charge < -0.3 is 5.32 Å². The van der Waals surface area contributed by atoms with Gasteiger partial charge in [0.15, 0.2) is 0 Å². The molecule has 0 radical (unpaired) electrons. The average Bonchev–Trinajstić information content (AvgIpc) is 2.46. The standard InChI is InChI=1S/C16H15N3/c1-13-9-10-16(19-15(13)12-17)18-11-5-8-14-6-3-2-4-7-14/h2-10H,11H2,1H3,(H,18,19)/b8-5+. The molecule has 2 aromatic rings. The number of aromatic nitrogens is 1. The molecule has 94 valence electrons. The van der Waals surface area contributed by atoms with Crippen molar-refractivity contribution in [2.45, 2.75) is 6.92 Å². The largest absolute Gasteiger partial charge is 0.367 e. The van der Waals surface area contributed by atoms with Crippen LogP contribution in [-0.2, 0) is 0 Å². The number of hydrogen-bond acceptors (Lipinski definition) is 3. The fraction of sp³-hybridized carbons (Fsp3) is 0.125. The van der Waals surface area contributed by atoms with Crippen LogP contribution in [0.1, 0.15) is 16.8 Å². The summed E-state index contributed by atoms with van der Waals surface area (Å²) in [6.07, 6.45) is 4.08. The van der Waals surface area contributed by atoms with Gasteiger partial charge in [-0.05, 0) is 24.1 Å². The Bertz CT molecular complexity index is 610. The van der Waals surface area contributed by atoms with E-state index in [2.05, 4.69) is 28.5 Å². The Hall–Kier alpha value is -2.60. The molecule has 0 unspecified atom stereocenters. The monoisotopic (exact) mass is 249 g/mol. The van der Waals surface area contributed by atoms with E-state index in [1.54, 1.807) is 0 Å². The van der Waals surface area contributed by atoms with Gasteiger partial charge in [0.2, 0.25) is 0 Å². The number of hydrogen-bond donors (Lipinski definition) is 1. The summed E-state index contributed by atoms with van der Waals surface area (Å²) in [5, 5.41) is 12.1. The molecule has 0 amide bonds. The van der Waals surface area contributed by atoms with Crippen molar-refractivity contribution in [3.8, 4) is 6.07 Å². The number of nitrogens with one attached hydrogen (secondary N) is 1. The van der Waals surface area contributed by atoms with Gasteiger partial charge in [-0.15, -0.1) is 0 Å². The summed E-state index contributed by atoms with van der Waals surface area (Å²) in [5.74, 6) is 0.722. The number of anilines is 1. The van der Waals surface area contributed by atoms with Crippen molar-refractivity contribution in [2.24, 2.45) is 0 Å². The van der Waals surface area contributed by atoms with Gasteiger partial charge in [0.1, 0.15) is 17.6 Å². The van der Waals surface area contributed by atoms with Crippen molar-refractivity contribution in [3.63, 3.8) is 0 Å². The molecule has 0 atom stereocenters. The first-order valence-electron chi connectivity index (χ1n) is 6.13. The summed E-state index contributed by atoms with van der Waals surface area (Å²) < 4.78 is 0. The Labute approximate surface area is 113 Å². The molecular formula is C16H15N3. The van der Waals surface area contributed by atoms with Crippen LogP contribution in [0.2, 0.25) is 0 Å². The topological polar surface area (TPSA) is 48.7 Å². The molecule has 0 spiro atoms. The van der Waals surface area contributed by atoms with Gasteiger partial charge in [-0.3, -0.25) is 0 Å². The molecule has 0 aliphatic heterocycles. The van der Waals surface area contributed by atoms with E-state index in [1.807, 2.05) is 49.4 Å². The van der Waals surface area contributed by atoms with E-state index < -0.39 is 0 Å². The van der Waals surface area contributed by atoms with Crippen LogP contribution >= 0.6 is 0 Å². The van der Waals surface area contributed by atoms with Gasteiger partial charge in [0.05, 0.1) is 0 Å².